The van der Waals surface area contributed by atoms with E-state index >= 15 is 0 Å². The quantitative estimate of drug-likeness (QED) is 0.0712. The molecule has 0 N–H and O–H groups in total. The standard InChI is InChI=1S/C43H43IO11/c1-41(2,3)53-38(45)49-26-13-15-28-23(19-26)11-17-31-35(28)34(25-21-30(44)37(33(22-25)48-10)52-40(47)55-43(7,8)9)36-29-16-14-27(50-39(46)54-42(4,5)6)20-24(29)12-18-32(36)51-31/h11-22,34H,1-10H3. The summed E-state index contributed by atoms with van der Waals surface area (Å²) in [4.78, 5) is 37.9. The van der Waals surface area contributed by atoms with Crippen LogP contribution in [0.2, 0.25) is 0 Å². The molecular weight excluding hydrogens is 819 g/mol. The molecule has 1 aliphatic heterocycles. The highest BCUT2D eigenvalue weighted by Crippen LogP contribution is 2.54. The van der Waals surface area contributed by atoms with Crippen molar-refractivity contribution in [3.63, 3.8) is 0 Å². The van der Waals surface area contributed by atoms with Gasteiger partial charge in [-0.15, -0.1) is 0 Å². The molecule has 0 aliphatic carbocycles. The average molecular weight is 863 g/mol. The van der Waals surface area contributed by atoms with E-state index in [1.54, 1.807) is 86.6 Å². The number of benzene rings is 5. The lowest BCUT2D eigenvalue weighted by Crippen LogP contribution is -2.26. The fourth-order valence-electron chi connectivity index (χ4n) is 6.21. The molecule has 0 unspecified atom stereocenters. The van der Waals surface area contributed by atoms with Crippen LogP contribution in [-0.4, -0.2) is 42.4 Å². The van der Waals surface area contributed by atoms with E-state index in [1.165, 1.54) is 7.11 Å². The van der Waals surface area contributed by atoms with E-state index < -0.39 is 41.2 Å². The second-order valence-corrected chi connectivity index (χ2v) is 17.2. The number of ether oxygens (including phenoxy) is 8. The monoisotopic (exact) mass is 862 g/mol. The van der Waals surface area contributed by atoms with Crippen molar-refractivity contribution in [2.24, 2.45) is 0 Å². The molecule has 55 heavy (non-hydrogen) atoms. The second-order valence-electron chi connectivity index (χ2n) is 16.0. The van der Waals surface area contributed by atoms with Crippen LogP contribution in [0.1, 0.15) is 84.9 Å². The van der Waals surface area contributed by atoms with Gasteiger partial charge < -0.3 is 37.9 Å². The molecule has 5 aromatic carbocycles. The minimum absolute atomic E-state index is 0.220. The zero-order valence-electron chi connectivity index (χ0n) is 32.4. The summed E-state index contributed by atoms with van der Waals surface area (Å²) in [5.41, 5.74) is 0.295. The van der Waals surface area contributed by atoms with Crippen molar-refractivity contribution >= 4 is 62.6 Å². The van der Waals surface area contributed by atoms with E-state index in [2.05, 4.69) is 22.6 Å². The summed E-state index contributed by atoms with van der Waals surface area (Å²) in [5.74, 6) is 1.97. The fraction of sp³-hybridized carbons (Fsp3) is 0.326. The summed E-state index contributed by atoms with van der Waals surface area (Å²) in [5, 5.41) is 3.26. The van der Waals surface area contributed by atoms with Gasteiger partial charge in [0.2, 0.25) is 0 Å². The van der Waals surface area contributed by atoms with Gasteiger partial charge in [0.25, 0.3) is 0 Å². The number of hydrogen-bond acceptors (Lipinski definition) is 11. The van der Waals surface area contributed by atoms with Crippen LogP contribution in [-0.2, 0) is 14.2 Å². The molecule has 0 saturated carbocycles. The zero-order chi connectivity index (χ0) is 40.0. The first kappa shape index (κ1) is 39.5. The van der Waals surface area contributed by atoms with Gasteiger partial charge >= 0.3 is 18.5 Å². The molecule has 0 amide bonds. The SMILES string of the molecule is COc1cc(C2c3c(ccc4cc(OC(=O)OC(C)(C)C)ccc34)Oc3ccc4cc(OC(=O)OC(C)(C)C)ccc4c32)cc(I)c1OC(=O)OC(C)(C)C. The predicted molar refractivity (Wildman–Crippen MR) is 215 cm³/mol. The molecule has 5 aromatic rings. The number of rotatable bonds is 5. The highest BCUT2D eigenvalue weighted by atomic mass is 127. The van der Waals surface area contributed by atoms with E-state index in [4.69, 9.17) is 37.9 Å². The first-order valence-corrected chi connectivity index (χ1v) is 18.7. The molecule has 0 atom stereocenters. The minimum atomic E-state index is -0.857. The normalized spacial score (nSPS) is 12.9. The molecule has 1 heterocycles. The van der Waals surface area contributed by atoms with E-state index in [1.807, 2.05) is 48.5 Å². The van der Waals surface area contributed by atoms with Crippen LogP contribution in [0, 0.1) is 3.57 Å². The van der Waals surface area contributed by atoms with E-state index in [0.717, 1.165) is 38.2 Å². The summed E-state index contributed by atoms with van der Waals surface area (Å²) < 4.78 is 46.0. The van der Waals surface area contributed by atoms with Gasteiger partial charge in [0.1, 0.15) is 39.8 Å². The zero-order valence-corrected chi connectivity index (χ0v) is 34.5. The first-order chi connectivity index (χ1) is 25.7. The molecule has 1 aliphatic rings. The Labute approximate surface area is 333 Å². The Morgan fingerprint density at radius 1 is 0.582 bits per heavy atom. The summed E-state index contributed by atoms with van der Waals surface area (Å²) in [7, 11) is 1.51. The summed E-state index contributed by atoms with van der Waals surface area (Å²) in [6, 6.07) is 22.1. The van der Waals surface area contributed by atoms with Crippen LogP contribution in [0.3, 0.4) is 0 Å². The van der Waals surface area contributed by atoms with Crippen molar-refractivity contribution in [1.82, 2.24) is 0 Å². The number of carbonyl (C=O) groups excluding carboxylic acids is 3. The summed E-state index contributed by atoms with van der Waals surface area (Å²) >= 11 is 2.12. The van der Waals surface area contributed by atoms with Crippen molar-refractivity contribution in [2.45, 2.75) is 85.0 Å². The van der Waals surface area contributed by atoms with E-state index in [9.17, 15) is 14.4 Å². The Morgan fingerprint density at radius 3 is 1.44 bits per heavy atom. The number of methoxy groups -OCH3 is 1. The Kier molecular flexibility index (Phi) is 10.6. The highest BCUT2D eigenvalue weighted by Gasteiger charge is 2.34. The van der Waals surface area contributed by atoms with Gasteiger partial charge in [-0.2, -0.15) is 0 Å². The minimum Gasteiger partial charge on any atom is -0.493 e. The third-order valence-corrected chi connectivity index (χ3v) is 8.93. The molecule has 11 nitrogen and oxygen atoms in total. The number of fused-ring (bicyclic) bond motifs is 6. The molecule has 0 spiro atoms. The third kappa shape index (κ3) is 9.18. The molecule has 0 aromatic heterocycles. The van der Waals surface area contributed by atoms with Crippen LogP contribution < -0.4 is 23.7 Å². The van der Waals surface area contributed by atoms with Gasteiger partial charge in [0.15, 0.2) is 11.5 Å². The van der Waals surface area contributed by atoms with Crippen LogP contribution >= 0.6 is 22.6 Å². The molecule has 6 rings (SSSR count). The predicted octanol–water partition coefficient (Wildman–Crippen LogP) is 11.8. The Morgan fingerprint density at radius 2 is 1.02 bits per heavy atom. The average Bonchev–Trinajstić information content (AvgIpc) is 3.05. The molecule has 0 bridgehead atoms. The molecule has 288 valence electrons. The molecule has 0 fully saturated rings. The number of carbonyl (C=O) groups is 3. The molecule has 0 radical (unpaired) electrons. The lowest BCUT2D eigenvalue weighted by atomic mass is 9.78. The Hall–Kier alpha value is -5.24. The van der Waals surface area contributed by atoms with Crippen molar-refractivity contribution in [2.75, 3.05) is 7.11 Å². The fourth-order valence-corrected chi connectivity index (χ4v) is 6.95. The van der Waals surface area contributed by atoms with Gasteiger partial charge in [-0.05, 0) is 161 Å². The van der Waals surface area contributed by atoms with Gasteiger partial charge in [-0.25, -0.2) is 14.4 Å². The summed E-state index contributed by atoms with van der Waals surface area (Å²) in [6.45, 7) is 15.9. The maximum absolute atomic E-state index is 12.8. The second kappa shape index (κ2) is 14.8. The van der Waals surface area contributed by atoms with Crippen molar-refractivity contribution < 1.29 is 52.3 Å². The first-order valence-electron chi connectivity index (χ1n) is 17.6. The van der Waals surface area contributed by atoms with Gasteiger partial charge in [-0.1, -0.05) is 24.3 Å². The Bertz CT molecular complexity index is 2210. The van der Waals surface area contributed by atoms with Crippen molar-refractivity contribution in [3.05, 3.63) is 93.1 Å². The largest absolute Gasteiger partial charge is 0.514 e. The van der Waals surface area contributed by atoms with Crippen LogP contribution in [0.5, 0.6) is 34.5 Å². The lowest BCUT2D eigenvalue weighted by Gasteiger charge is -2.32. The maximum Gasteiger partial charge on any atom is 0.514 e. The van der Waals surface area contributed by atoms with Gasteiger partial charge in [-0.3, -0.25) is 0 Å². The van der Waals surface area contributed by atoms with E-state index in [-0.39, 0.29) is 5.75 Å². The van der Waals surface area contributed by atoms with Crippen LogP contribution in [0.15, 0.2) is 72.8 Å². The van der Waals surface area contributed by atoms with Crippen molar-refractivity contribution in [1.29, 1.82) is 0 Å². The maximum atomic E-state index is 12.8. The summed E-state index contributed by atoms with van der Waals surface area (Å²) in [6.07, 6.45) is -2.47. The molecule has 0 saturated heterocycles. The Balaban J connectivity index is 1.52. The highest BCUT2D eigenvalue weighted by molar-refractivity contribution is 14.1. The topological polar surface area (TPSA) is 125 Å². The third-order valence-electron chi connectivity index (χ3n) is 8.12. The smallest absolute Gasteiger partial charge is 0.493 e. The van der Waals surface area contributed by atoms with Gasteiger partial charge in [0.05, 0.1) is 10.7 Å². The molecule has 12 heteroatoms. The van der Waals surface area contributed by atoms with E-state index in [0.29, 0.717) is 32.3 Å². The number of hydrogen-bond donors (Lipinski definition) is 0. The lowest BCUT2D eigenvalue weighted by molar-refractivity contribution is 0.0188. The van der Waals surface area contributed by atoms with Crippen LogP contribution in [0.4, 0.5) is 14.4 Å². The van der Waals surface area contributed by atoms with Gasteiger partial charge in [0, 0.05) is 17.0 Å². The number of halogens is 1. The van der Waals surface area contributed by atoms with Crippen molar-refractivity contribution in [3.8, 4) is 34.5 Å². The molecular formula is C43H43IO11. The van der Waals surface area contributed by atoms with Crippen LogP contribution in [0.25, 0.3) is 21.5 Å².